The number of amides is 4. The molecule has 26 heavy (non-hydrogen) atoms. The number of nitrogens with one attached hydrogen (secondary N) is 4. The topological polar surface area (TPSA) is 109 Å². The summed E-state index contributed by atoms with van der Waals surface area (Å²) in [6.07, 6.45) is 1.39. The lowest BCUT2D eigenvalue weighted by Crippen LogP contribution is -2.43. The predicted octanol–water partition coefficient (Wildman–Crippen LogP) is 2.82. The Bertz CT molecular complexity index is 663. The third-order valence-corrected chi connectivity index (χ3v) is 3.45. The Morgan fingerprint density at radius 3 is 2.08 bits per heavy atom. The molecule has 0 spiro atoms. The molecule has 1 aromatic carbocycles. The minimum atomic E-state index is -0.757. The van der Waals surface area contributed by atoms with E-state index in [1.807, 2.05) is 0 Å². The molecule has 1 aliphatic rings. The van der Waals surface area contributed by atoms with Crippen LogP contribution in [0.2, 0.25) is 0 Å². The van der Waals surface area contributed by atoms with Gasteiger partial charge in [0, 0.05) is 17.4 Å². The van der Waals surface area contributed by atoms with Gasteiger partial charge in [-0.1, -0.05) is 0 Å². The zero-order valence-corrected chi connectivity index (χ0v) is 15.5. The average Bonchev–Trinajstić information content (AvgIpc) is 3.30. The molecular formula is C18H26N4O4. The predicted molar refractivity (Wildman–Crippen MR) is 99.1 cm³/mol. The second-order valence-electron chi connectivity index (χ2n) is 7.31. The summed E-state index contributed by atoms with van der Waals surface area (Å²) in [6.45, 7) is 6.81. The molecule has 2 rings (SSSR count). The van der Waals surface area contributed by atoms with Gasteiger partial charge in [0.15, 0.2) is 0 Å². The van der Waals surface area contributed by atoms with Crippen molar-refractivity contribution in [2.24, 2.45) is 0 Å². The number of alkyl carbamates (subject to hydrolysis) is 1. The van der Waals surface area contributed by atoms with Gasteiger partial charge < -0.3 is 26.0 Å². The number of benzene rings is 1. The SMILES string of the molecule is C[C@@H](NC(=O)OC(C)(C)C)C(=O)Nc1ccc(NC(=O)NC2CC2)cc1. The fourth-order valence-corrected chi connectivity index (χ4v) is 2.02. The molecule has 0 aromatic heterocycles. The Morgan fingerprint density at radius 2 is 1.58 bits per heavy atom. The van der Waals surface area contributed by atoms with Crippen molar-refractivity contribution < 1.29 is 19.1 Å². The van der Waals surface area contributed by atoms with Crippen LogP contribution in [-0.2, 0) is 9.53 Å². The Morgan fingerprint density at radius 1 is 1.04 bits per heavy atom. The van der Waals surface area contributed by atoms with Crippen LogP contribution in [0.1, 0.15) is 40.5 Å². The number of anilines is 2. The standard InChI is InChI=1S/C18H26N4O4/c1-11(19-17(25)26-18(2,3)4)15(23)20-12-5-7-13(8-6-12)21-16(24)22-14-9-10-14/h5-8,11,14H,9-10H2,1-4H3,(H,19,25)(H,20,23)(H2,21,22,24)/t11-/m1/s1. The second-order valence-corrected chi connectivity index (χ2v) is 7.31. The zero-order valence-electron chi connectivity index (χ0n) is 15.5. The van der Waals surface area contributed by atoms with E-state index in [-0.39, 0.29) is 18.0 Å². The highest BCUT2D eigenvalue weighted by Gasteiger charge is 2.23. The summed E-state index contributed by atoms with van der Waals surface area (Å²) in [6, 6.07) is 6.01. The molecule has 8 nitrogen and oxygen atoms in total. The van der Waals surface area contributed by atoms with Gasteiger partial charge in [-0.25, -0.2) is 9.59 Å². The largest absolute Gasteiger partial charge is 0.444 e. The maximum atomic E-state index is 12.1. The Hall–Kier alpha value is -2.77. The highest BCUT2D eigenvalue weighted by atomic mass is 16.6. The highest BCUT2D eigenvalue weighted by molar-refractivity contribution is 5.96. The maximum Gasteiger partial charge on any atom is 0.408 e. The van der Waals surface area contributed by atoms with Crippen LogP contribution >= 0.6 is 0 Å². The maximum absolute atomic E-state index is 12.1. The molecule has 1 atom stereocenters. The van der Waals surface area contributed by atoms with E-state index in [1.165, 1.54) is 0 Å². The van der Waals surface area contributed by atoms with Crippen LogP contribution in [-0.4, -0.2) is 35.7 Å². The Kier molecular flexibility index (Phi) is 6.07. The van der Waals surface area contributed by atoms with Crippen molar-refractivity contribution in [1.82, 2.24) is 10.6 Å². The first-order chi connectivity index (χ1) is 12.1. The highest BCUT2D eigenvalue weighted by Crippen LogP contribution is 2.19. The number of rotatable bonds is 5. The van der Waals surface area contributed by atoms with E-state index in [0.717, 1.165) is 12.8 Å². The van der Waals surface area contributed by atoms with Crippen LogP contribution in [0.4, 0.5) is 21.0 Å². The zero-order chi connectivity index (χ0) is 19.3. The first-order valence-corrected chi connectivity index (χ1v) is 8.60. The van der Waals surface area contributed by atoms with Crippen LogP contribution in [0, 0.1) is 0 Å². The van der Waals surface area contributed by atoms with Gasteiger partial charge in [0.05, 0.1) is 0 Å². The van der Waals surface area contributed by atoms with Crippen molar-refractivity contribution in [3.63, 3.8) is 0 Å². The van der Waals surface area contributed by atoms with Crippen molar-refractivity contribution in [2.45, 2.75) is 58.2 Å². The molecular weight excluding hydrogens is 336 g/mol. The summed E-state index contributed by atoms with van der Waals surface area (Å²) < 4.78 is 5.12. The number of carbonyl (C=O) groups excluding carboxylic acids is 3. The van der Waals surface area contributed by atoms with Gasteiger partial charge >= 0.3 is 12.1 Å². The Balaban J connectivity index is 1.80. The summed E-state index contributed by atoms with van der Waals surface area (Å²) >= 11 is 0. The molecule has 1 fully saturated rings. The molecule has 0 aliphatic heterocycles. The molecule has 1 aromatic rings. The lowest BCUT2D eigenvalue weighted by Gasteiger charge is -2.21. The summed E-state index contributed by atoms with van der Waals surface area (Å²) in [7, 11) is 0. The van der Waals surface area contributed by atoms with Crippen LogP contribution in [0.15, 0.2) is 24.3 Å². The summed E-state index contributed by atoms with van der Waals surface area (Å²) in [5.41, 5.74) is 0.552. The van der Waals surface area contributed by atoms with Gasteiger partial charge in [0.1, 0.15) is 11.6 Å². The van der Waals surface area contributed by atoms with Crippen molar-refractivity contribution in [1.29, 1.82) is 0 Å². The van der Waals surface area contributed by atoms with E-state index in [4.69, 9.17) is 4.74 Å². The Labute approximate surface area is 153 Å². The molecule has 0 radical (unpaired) electrons. The van der Waals surface area contributed by atoms with E-state index in [0.29, 0.717) is 11.4 Å². The minimum Gasteiger partial charge on any atom is -0.444 e. The van der Waals surface area contributed by atoms with E-state index in [2.05, 4.69) is 21.3 Å². The first-order valence-electron chi connectivity index (χ1n) is 8.60. The van der Waals surface area contributed by atoms with Crippen molar-refractivity contribution in [3.8, 4) is 0 Å². The smallest absolute Gasteiger partial charge is 0.408 e. The van der Waals surface area contributed by atoms with E-state index in [9.17, 15) is 14.4 Å². The molecule has 142 valence electrons. The lowest BCUT2D eigenvalue weighted by atomic mass is 10.2. The van der Waals surface area contributed by atoms with E-state index >= 15 is 0 Å². The van der Waals surface area contributed by atoms with Crippen LogP contribution in [0.5, 0.6) is 0 Å². The van der Waals surface area contributed by atoms with Gasteiger partial charge in [0.25, 0.3) is 0 Å². The van der Waals surface area contributed by atoms with E-state index in [1.54, 1.807) is 52.0 Å². The van der Waals surface area contributed by atoms with Gasteiger partial charge in [-0.2, -0.15) is 0 Å². The van der Waals surface area contributed by atoms with Crippen molar-refractivity contribution in [3.05, 3.63) is 24.3 Å². The molecule has 4 N–H and O–H groups in total. The minimum absolute atomic E-state index is 0.237. The third-order valence-electron chi connectivity index (χ3n) is 3.45. The van der Waals surface area contributed by atoms with Crippen molar-refractivity contribution in [2.75, 3.05) is 10.6 Å². The third kappa shape index (κ3) is 7.00. The molecule has 0 heterocycles. The molecule has 1 aliphatic carbocycles. The average molecular weight is 362 g/mol. The summed E-state index contributed by atoms with van der Waals surface area (Å²) in [4.78, 5) is 35.5. The fourth-order valence-electron chi connectivity index (χ4n) is 2.02. The molecule has 0 saturated heterocycles. The van der Waals surface area contributed by atoms with Crippen LogP contribution in [0.25, 0.3) is 0 Å². The number of urea groups is 1. The number of ether oxygens (including phenoxy) is 1. The quantitative estimate of drug-likeness (QED) is 0.646. The molecule has 8 heteroatoms. The van der Waals surface area contributed by atoms with E-state index < -0.39 is 17.7 Å². The molecule has 4 amide bonds. The molecule has 1 saturated carbocycles. The fraction of sp³-hybridized carbons (Fsp3) is 0.500. The second kappa shape index (κ2) is 8.07. The molecule has 0 unspecified atom stereocenters. The monoisotopic (exact) mass is 362 g/mol. The summed E-state index contributed by atoms with van der Waals surface area (Å²) in [5.74, 6) is -0.372. The van der Waals surface area contributed by atoms with Crippen molar-refractivity contribution >= 4 is 29.4 Å². The van der Waals surface area contributed by atoms with Gasteiger partial charge in [-0.3, -0.25) is 4.79 Å². The normalized spacial score (nSPS) is 14.8. The number of carbonyl (C=O) groups is 3. The first kappa shape index (κ1) is 19.6. The summed E-state index contributed by atoms with van der Waals surface area (Å²) in [5, 5.41) is 10.7. The van der Waals surface area contributed by atoms with Gasteiger partial charge in [-0.05, 0) is 64.8 Å². The van der Waals surface area contributed by atoms with Gasteiger partial charge in [-0.15, -0.1) is 0 Å². The lowest BCUT2D eigenvalue weighted by molar-refractivity contribution is -0.117. The van der Waals surface area contributed by atoms with Crippen LogP contribution in [0.3, 0.4) is 0 Å². The van der Waals surface area contributed by atoms with Crippen LogP contribution < -0.4 is 21.3 Å². The van der Waals surface area contributed by atoms with Gasteiger partial charge in [0.2, 0.25) is 5.91 Å². The molecule has 0 bridgehead atoms. The number of hydrogen-bond acceptors (Lipinski definition) is 4. The number of hydrogen-bond donors (Lipinski definition) is 4.